The summed E-state index contributed by atoms with van der Waals surface area (Å²) in [5, 5.41) is 4.08. The van der Waals surface area contributed by atoms with Crippen LogP contribution in [-0.2, 0) is 27.3 Å². The summed E-state index contributed by atoms with van der Waals surface area (Å²) < 4.78 is 11.3. The standard InChI is InChI=1S/C21H20N2O4/c24-21(25-15-17-9-5-2-6-10-17)23-12-11-18-19(14-23)27-22-20(26-18)13-16-7-3-1-4-8-16/h1-12,18-19H,13-15H2/t18?,19-/m0/s1. The van der Waals surface area contributed by atoms with Crippen LogP contribution in [0.25, 0.3) is 0 Å². The third kappa shape index (κ3) is 4.28. The van der Waals surface area contributed by atoms with E-state index < -0.39 is 6.09 Å². The molecule has 0 N–H and O–H groups in total. The zero-order chi connectivity index (χ0) is 18.5. The van der Waals surface area contributed by atoms with Gasteiger partial charge in [-0.05, 0) is 17.2 Å². The maximum atomic E-state index is 12.3. The van der Waals surface area contributed by atoms with Crippen LogP contribution in [0.15, 0.2) is 78.1 Å². The fourth-order valence-corrected chi connectivity index (χ4v) is 2.97. The highest BCUT2D eigenvalue weighted by Gasteiger charge is 2.35. The Kier molecular flexibility index (Phi) is 5.05. The molecular formula is C21H20N2O4. The van der Waals surface area contributed by atoms with E-state index in [0.717, 1.165) is 11.1 Å². The highest BCUT2D eigenvalue weighted by Crippen LogP contribution is 2.21. The molecule has 2 heterocycles. The van der Waals surface area contributed by atoms with Crippen LogP contribution in [-0.4, -0.2) is 35.6 Å². The molecule has 0 aromatic heterocycles. The van der Waals surface area contributed by atoms with Gasteiger partial charge in [-0.1, -0.05) is 65.8 Å². The number of hydrogen-bond donors (Lipinski definition) is 0. The van der Waals surface area contributed by atoms with Crippen LogP contribution < -0.4 is 0 Å². The number of benzene rings is 2. The summed E-state index contributed by atoms with van der Waals surface area (Å²) in [7, 11) is 0. The van der Waals surface area contributed by atoms with E-state index in [2.05, 4.69) is 5.16 Å². The highest BCUT2D eigenvalue weighted by molar-refractivity contribution is 5.79. The first kappa shape index (κ1) is 17.1. The van der Waals surface area contributed by atoms with Crippen LogP contribution in [0.5, 0.6) is 0 Å². The summed E-state index contributed by atoms with van der Waals surface area (Å²) >= 11 is 0. The molecule has 0 saturated heterocycles. The third-order valence-corrected chi connectivity index (χ3v) is 4.40. The van der Waals surface area contributed by atoms with Crippen LogP contribution in [0.3, 0.4) is 0 Å². The van der Waals surface area contributed by atoms with Crippen molar-refractivity contribution in [1.82, 2.24) is 4.90 Å². The van der Waals surface area contributed by atoms with Crippen molar-refractivity contribution in [3.63, 3.8) is 0 Å². The summed E-state index contributed by atoms with van der Waals surface area (Å²) in [6.07, 6.45) is 3.02. The average Bonchev–Trinajstić information content (AvgIpc) is 2.73. The van der Waals surface area contributed by atoms with Gasteiger partial charge in [0.1, 0.15) is 6.61 Å². The van der Waals surface area contributed by atoms with E-state index in [1.165, 1.54) is 4.90 Å². The molecule has 4 rings (SSSR count). The van der Waals surface area contributed by atoms with Crippen molar-refractivity contribution in [2.75, 3.05) is 6.54 Å². The Morgan fingerprint density at radius 3 is 2.52 bits per heavy atom. The molecule has 0 saturated carbocycles. The molecule has 2 atom stereocenters. The SMILES string of the molecule is O=C(OCc1ccccc1)N1C=CC2OC(Cc3ccccc3)=NO[C@H]2C1. The summed E-state index contributed by atoms with van der Waals surface area (Å²) in [6.45, 7) is 0.561. The summed E-state index contributed by atoms with van der Waals surface area (Å²) in [4.78, 5) is 19.3. The Hall–Kier alpha value is -3.28. The van der Waals surface area contributed by atoms with E-state index >= 15 is 0 Å². The molecule has 6 heteroatoms. The van der Waals surface area contributed by atoms with Crippen LogP contribution in [0.4, 0.5) is 4.79 Å². The number of oxime groups is 1. The molecule has 0 fully saturated rings. The Balaban J connectivity index is 1.31. The molecule has 0 radical (unpaired) electrons. The number of carbonyl (C=O) groups excluding carboxylic acids is 1. The number of fused-ring (bicyclic) bond motifs is 1. The second-order valence-electron chi connectivity index (χ2n) is 6.41. The fraction of sp³-hybridized carbons (Fsp3) is 0.238. The van der Waals surface area contributed by atoms with Gasteiger partial charge < -0.3 is 14.3 Å². The lowest BCUT2D eigenvalue weighted by atomic mass is 10.1. The number of amides is 1. The van der Waals surface area contributed by atoms with Crippen molar-refractivity contribution in [3.8, 4) is 0 Å². The van der Waals surface area contributed by atoms with Gasteiger partial charge in [0.2, 0.25) is 5.90 Å². The zero-order valence-electron chi connectivity index (χ0n) is 14.7. The Morgan fingerprint density at radius 2 is 1.78 bits per heavy atom. The van der Waals surface area contributed by atoms with Crippen LogP contribution in [0, 0.1) is 0 Å². The van der Waals surface area contributed by atoms with E-state index in [1.54, 1.807) is 12.3 Å². The largest absolute Gasteiger partial charge is 0.467 e. The lowest BCUT2D eigenvalue weighted by molar-refractivity contribution is -0.0587. The lowest BCUT2D eigenvalue weighted by Gasteiger charge is -2.34. The van der Waals surface area contributed by atoms with Gasteiger partial charge in [-0.3, -0.25) is 4.90 Å². The van der Waals surface area contributed by atoms with E-state index in [0.29, 0.717) is 18.9 Å². The van der Waals surface area contributed by atoms with Crippen molar-refractivity contribution in [1.29, 1.82) is 0 Å². The third-order valence-electron chi connectivity index (χ3n) is 4.40. The molecule has 0 bridgehead atoms. The second-order valence-corrected chi connectivity index (χ2v) is 6.41. The number of nitrogens with zero attached hydrogens (tertiary/aromatic N) is 2. The number of rotatable bonds is 4. The summed E-state index contributed by atoms with van der Waals surface area (Å²) in [5.74, 6) is 0.534. The maximum Gasteiger partial charge on any atom is 0.414 e. The molecular weight excluding hydrogens is 344 g/mol. The average molecular weight is 364 g/mol. The van der Waals surface area contributed by atoms with Crippen LogP contribution in [0.1, 0.15) is 11.1 Å². The van der Waals surface area contributed by atoms with E-state index in [4.69, 9.17) is 14.3 Å². The Labute approximate surface area is 157 Å². The minimum atomic E-state index is -0.420. The van der Waals surface area contributed by atoms with Gasteiger partial charge in [-0.25, -0.2) is 4.79 Å². The molecule has 1 amide bonds. The Bertz CT molecular complexity index is 836. The van der Waals surface area contributed by atoms with Gasteiger partial charge in [0.25, 0.3) is 0 Å². The van der Waals surface area contributed by atoms with Crippen molar-refractivity contribution in [2.45, 2.75) is 25.2 Å². The molecule has 2 aliphatic heterocycles. The van der Waals surface area contributed by atoms with Crippen LogP contribution >= 0.6 is 0 Å². The topological polar surface area (TPSA) is 60.4 Å². The maximum absolute atomic E-state index is 12.3. The molecule has 2 aromatic rings. The first-order valence-corrected chi connectivity index (χ1v) is 8.87. The van der Waals surface area contributed by atoms with Gasteiger partial charge in [0.05, 0.1) is 13.0 Å². The normalized spacial score (nSPS) is 20.7. The first-order chi connectivity index (χ1) is 13.3. The molecule has 0 aliphatic carbocycles. The van der Waals surface area contributed by atoms with Crippen molar-refractivity contribution in [2.24, 2.45) is 5.16 Å². The van der Waals surface area contributed by atoms with Gasteiger partial charge >= 0.3 is 6.09 Å². The smallest absolute Gasteiger partial charge is 0.414 e. The molecule has 1 unspecified atom stereocenters. The second kappa shape index (κ2) is 7.95. The molecule has 2 aliphatic rings. The van der Waals surface area contributed by atoms with Gasteiger partial charge in [-0.15, -0.1) is 0 Å². The summed E-state index contributed by atoms with van der Waals surface area (Å²) in [6, 6.07) is 19.5. The van der Waals surface area contributed by atoms with Gasteiger partial charge in [0, 0.05) is 6.20 Å². The monoisotopic (exact) mass is 364 g/mol. The molecule has 2 aromatic carbocycles. The van der Waals surface area contributed by atoms with E-state index in [9.17, 15) is 4.79 Å². The number of ether oxygens (including phenoxy) is 2. The minimum absolute atomic E-state index is 0.231. The number of hydrogen-bond acceptors (Lipinski definition) is 5. The van der Waals surface area contributed by atoms with Crippen molar-refractivity contribution < 1.29 is 19.1 Å². The van der Waals surface area contributed by atoms with Gasteiger partial charge in [0.15, 0.2) is 12.2 Å². The van der Waals surface area contributed by atoms with Crippen LogP contribution in [0.2, 0.25) is 0 Å². The fourth-order valence-electron chi connectivity index (χ4n) is 2.97. The molecule has 0 spiro atoms. The lowest BCUT2D eigenvalue weighted by Crippen LogP contribution is -2.47. The van der Waals surface area contributed by atoms with E-state index in [-0.39, 0.29) is 18.8 Å². The predicted molar refractivity (Wildman–Crippen MR) is 99.8 cm³/mol. The number of carbonyl (C=O) groups is 1. The molecule has 138 valence electrons. The quantitative estimate of drug-likeness (QED) is 0.833. The Morgan fingerprint density at radius 1 is 1.07 bits per heavy atom. The summed E-state index contributed by atoms with van der Waals surface area (Å²) in [5.41, 5.74) is 2.04. The predicted octanol–water partition coefficient (Wildman–Crippen LogP) is 3.49. The zero-order valence-corrected chi connectivity index (χ0v) is 14.7. The van der Waals surface area contributed by atoms with Crippen molar-refractivity contribution in [3.05, 3.63) is 84.1 Å². The van der Waals surface area contributed by atoms with Gasteiger partial charge in [-0.2, -0.15) is 0 Å². The minimum Gasteiger partial charge on any atom is -0.467 e. The highest BCUT2D eigenvalue weighted by atomic mass is 16.7. The van der Waals surface area contributed by atoms with E-state index in [1.807, 2.05) is 60.7 Å². The molecule has 6 nitrogen and oxygen atoms in total. The van der Waals surface area contributed by atoms with Crippen molar-refractivity contribution >= 4 is 12.0 Å². The first-order valence-electron chi connectivity index (χ1n) is 8.87. The molecule has 27 heavy (non-hydrogen) atoms.